The molecule has 2 heteroatoms. The molecule has 0 bridgehead atoms. The zero-order chi connectivity index (χ0) is 11.4. The molecule has 0 aliphatic carbocycles. The van der Waals surface area contributed by atoms with Crippen molar-refractivity contribution in [1.29, 1.82) is 5.26 Å². The topological polar surface area (TPSA) is 33.0 Å². The van der Waals surface area contributed by atoms with Crippen LogP contribution in [-0.4, -0.2) is 7.11 Å². The highest BCUT2D eigenvalue weighted by molar-refractivity contribution is 5.66. The van der Waals surface area contributed by atoms with Gasteiger partial charge >= 0.3 is 0 Å². The van der Waals surface area contributed by atoms with Gasteiger partial charge < -0.3 is 4.74 Å². The summed E-state index contributed by atoms with van der Waals surface area (Å²) in [6.45, 7) is 0. The third kappa shape index (κ3) is 1.89. The van der Waals surface area contributed by atoms with Crippen molar-refractivity contribution in [2.75, 3.05) is 7.11 Å². The van der Waals surface area contributed by atoms with Gasteiger partial charge in [0, 0.05) is 0 Å². The average Bonchev–Trinajstić information content (AvgIpc) is 2.39. The van der Waals surface area contributed by atoms with Crippen molar-refractivity contribution in [3.63, 3.8) is 0 Å². The Kier molecular flexibility index (Phi) is 2.88. The van der Waals surface area contributed by atoms with Gasteiger partial charge in [-0.05, 0) is 29.3 Å². The Hall–Kier alpha value is -2.27. The molecule has 0 aliphatic rings. The van der Waals surface area contributed by atoms with E-state index in [1.807, 2.05) is 36.4 Å². The van der Waals surface area contributed by atoms with Gasteiger partial charge in [-0.1, -0.05) is 30.3 Å². The Labute approximate surface area is 94.7 Å². The van der Waals surface area contributed by atoms with Crippen molar-refractivity contribution >= 4 is 0 Å². The van der Waals surface area contributed by atoms with Crippen LogP contribution in [0.25, 0.3) is 11.1 Å². The maximum absolute atomic E-state index is 8.98. The lowest BCUT2D eigenvalue weighted by atomic mass is 10.0. The first kappa shape index (κ1) is 10.3. The third-order valence-corrected chi connectivity index (χ3v) is 2.34. The molecule has 0 saturated heterocycles. The molecule has 0 saturated carbocycles. The molecule has 0 heterocycles. The van der Waals surface area contributed by atoms with Crippen LogP contribution in [0.3, 0.4) is 0 Å². The SMILES string of the molecule is COc1ccc(-c2[c]cccc2)cc1C#N. The summed E-state index contributed by atoms with van der Waals surface area (Å²) in [6, 6.07) is 18.4. The van der Waals surface area contributed by atoms with Crippen molar-refractivity contribution in [3.05, 3.63) is 54.1 Å². The summed E-state index contributed by atoms with van der Waals surface area (Å²) in [7, 11) is 1.56. The minimum Gasteiger partial charge on any atom is -0.495 e. The second-order valence-corrected chi connectivity index (χ2v) is 3.30. The summed E-state index contributed by atoms with van der Waals surface area (Å²) in [5, 5.41) is 8.98. The Balaban J connectivity index is 2.49. The first-order valence-electron chi connectivity index (χ1n) is 4.90. The van der Waals surface area contributed by atoms with Gasteiger partial charge in [-0.3, -0.25) is 0 Å². The van der Waals surface area contributed by atoms with Gasteiger partial charge in [0.25, 0.3) is 0 Å². The number of methoxy groups -OCH3 is 1. The summed E-state index contributed by atoms with van der Waals surface area (Å²) >= 11 is 0. The first-order valence-corrected chi connectivity index (χ1v) is 4.90. The molecule has 2 rings (SSSR count). The van der Waals surface area contributed by atoms with Crippen molar-refractivity contribution in [3.8, 4) is 22.9 Å². The largest absolute Gasteiger partial charge is 0.495 e. The van der Waals surface area contributed by atoms with Gasteiger partial charge in [0.15, 0.2) is 0 Å². The second kappa shape index (κ2) is 4.50. The maximum Gasteiger partial charge on any atom is 0.136 e. The monoisotopic (exact) mass is 208 g/mol. The van der Waals surface area contributed by atoms with Gasteiger partial charge in [-0.25, -0.2) is 0 Å². The van der Waals surface area contributed by atoms with E-state index in [1.165, 1.54) is 0 Å². The Morgan fingerprint density at radius 1 is 1.25 bits per heavy atom. The lowest BCUT2D eigenvalue weighted by Gasteiger charge is -2.05. The molecule has 16 heavy (non-hydrogen) atoms. The van der Waals surface area contributed by atoms with Gasteiger partial charge in [-0.2, -0.15) is 5.26 Å². The average molecular weight is 208 g/mol. The van der Waals surface area contributed by atoms with Crippen LogP contribution in [0.2, 0.25) is 0 Å². The lowest BCUT2D eigenvalue weighted by molar-refractivity contribution is 0.413. The molecular formula is C14H10NO. The van der Waals surface area contributed by atoms with Crippen molar-refractivity contribution in [2.45, 2.75) is 0 Å². The lowest BCUT2D eigenvalue weighted by Crippen LogP contribution is -1.88. The molecule has 0 spiro atoms. The van der Waals surface area contributed by atoms with Crippen LogP contribution in [-0.2, 0) is 0 Å². The molecule has 77 valence electrons. The molecule has 0 fully saturated rings. The van der Waals surface area contributed by atoms with Crippen LogP contribution in [0.15, 0.2) is 42.5 Å². The number of hydrogen-bond donors (Lipinski definition) is 0. The summed E-state index contributed by atoms with van der Waals surface area (Å²) in [5.41, 5.74) is 2.48. The van der Waals surface area contributed by atoms with E-state index in [4.69, 9.17) is 10.00 Å². The molecule has 0 amide bonds. The quantitative estimate of drug-likeness (QED) is 0.760. The molecular weight excluding hydrogens is 198 g/mol. The summed E-state index contributed by atoms with van der Waals surface area (Å²) in [5.74, 6) is 0.599. The highest BCUT2D eigenvalue weighted by Crippen LogP contribution is 2.25. The normalized spacial score (nSPS) is 9.50. The minimum absolute atomic E-state index is 0.539. The van der Waals surface area contributed by atoms with E-state index in [1.54, 1.807) is 13.2 Å². The fourth-order valence-electron chi connectivity index (χ4n) is 1.54. The Bertz CT molecular complexity index is 526. The van der Waals surface area contributed by atoms with E-state index in [0.717, 1.165) is 11.1 Å². The zero-order valence-electron chi connectivity index (χ0n) is 8.90. The van der Waals surface area contributed by atoms with Gasteiger partial charge in [0.1, 0.15) is 11.8 Å². The predicted octanol–water partition coefficient (Wildman–Crippen LogP) is 3.03. The second-order valence-electron chi connectivity index (χ2n) is 3.30. The molecule has 0 aromatic heterocycles. The fourth-order valence-corrected chi connectivity index (χ4v) is 1.54. The Morgan fingerprint density at radius 3 is 2.75 bits per heavy atom. The van der Waals surface area contributed by atoms with Crippen molar-refractivity contribution < 1.29 is 4.74 Å². The van der Waals surface area contributed by atoms with Crippen molar-refractivity contribution in [1.82, 2.24) is 0 Å². The number of nitrogens with zero attached hydrogens (tertiary/aromatic N) is 1. The van der Waals surface area contributed by atoms with E-state index in [0.29, 0.717) is 11.3 Å². The predicted molar refractivity (Wildman–Crippen MR) is 62.0 cm³/mol. The highest BCUT2D eigenvalue weighted by atomic mass is 16.5. The van der Waals surface area contributed by atoms with Crippen molar-refractivity contribution in [2.24, 2.45) is 0 Å². The number of benzene rings is 2. The molecule has 0 aliphatic heterocycles. The fraction of sp³-hybridized carbons (Fsp3) is 0.0714. The third-order valence-electron chi connectivity index (χ3n) is 2.34. The number of hydrogen-bond acceptors (Lipinski definition) is 2. The molecule has 2 aromatic rings. The van der Waals surface area contributed by atoms with E-state index in [9.17, 15) is 0 Å². The van der Waals surface area contributed by atoms with Crippen LogP contribution < -0.4 is 4.74 Å². The standard InChI is InChI=1S/C14H10NO/c1-16-14-8-7-12(9-13(14)10-15)11-5-3-2-4-6-11/h2-5,7-9H,1H3. The molecule has 0 N–H and O–H groups in total. The first-order chi connectivity index (χ1) is 7.85. The van der Waals surface area contributed by atoms with Gasteiger partial charge in [0.2, 0.25) is 0 Å². The minimum atomic E-state index is 0.539. The van der Waals surface area contributed by atoms with Crippen LogP contribution >= 0.6 is 0 Å². The molecule has 0 unspecified atom stereocenters. The van der Waals surface area contributed by atoms with Crippen LogP contribution in [0.5, 0.6) is 5.75 Å². The molecule has 0 atom stereocenters. The van der Waals surface area contributed by atoms with E-state index in [2.05, 4.69) is 12.1 Å². The number of rotatable bonds is 2. The Morgan fingerprint density at radius 2 is 2.12 bits per heavy atom. The maximum atomic E-state index is 8.98. The summed E-state index contributed by atoms with van der Waals surface area (Å²) in [6.07, 6.45) is 0. The number of nitriles is 1. The van der Waals surface area contributed by atoms with E-state index in [-0.39, 0.29) is 0 Å². The van der Waals surface area contributed by atoms with Crippen LogP contribution in [0, 0.1) is 17.4 Å². The molecule has 2 aromatic carbocycles. The van der Waals surface area contributed by atoms with Crippen LogP contribution in [0.4, 0.5) is 0 Å². The zero-order valence-corrected chi connectivity index (χ0v) is 8.90. The van der Waals surface area contributed by atoms with E-state index >= 15 is 0 Å². The smallest absolute Gasteiger partial charge is 0.136 e. The molecule has 2 nitrogen and oxygen atoms in total. The van der Waals surface area contributed by atoms with E-state index < -0.39 is 0 Å². The van der Waals surface area contributed by atoms with Gasteiger partial charge in [-0.15, -0.1) is 0 Å². The van der Waals surface area contributed by atoms with Crippen LogP contribution in [0.1, 0.15) is 5.56 Å². The summed E-state index contributed by atoms with van der Waals surface area (Å²) in [4.78, 5) is 0. The number of ether oxygens (including phenoxy) is 1. The molecule has 1 radical (unpaired) electrons. The summed E-state index contributed by atoms with van der Waals surface area (Å²) < 4.78 is 5.09. The van der Waals surface area contributed by atoms with Gasteiger partial charge in [0.05, 0.1) is 12.7 Å². The highest BCUT2D eigenvalue weighted by Gasteiger charge is 2.04.